The minimum atomic E-state index is -3.62. The quantitative estimate of drug-likeness (QED) is 0.802. The van der Waals surface area contributed by atoms with Crippen LogP contribution in [0.1, 0.15) is 19.3 Å². The van der Waals surface area contributed by atoms with E-state index in [0.29, 0.717) is 5.82 Å². The first kappa shape index (κ1) is 14.2. The fraction of sp³-hybridized carbons (Fsp3) is 0.583. The van der Waals surface area contributed by atoms with Crippen molar-refractivity contribution in [1.29, 1.82) is 0 Å². The first-order chi connectivity index (χ1) is 9.11. The van der Waals surface area contributed by atoms with Crippen LogP contribution in [0.25, 0.3) is 0 Å². The molecule has 1 aliphatic carbocycles. The van der Waals surface area contributed by atoms with Crippen LogP contribution in [0.5, 0.6) is 0 Å². The predicted octanol–water partition coefficient (Wildman–Crippen LogP) is 0.659. The van der Waals surface area contributed by atoms with Gasteiger partial charge in [0.15, 0.2) is 0 Å². The lowest BCUT2D eigenvalue weighted by molar-refractivity contribution is 0.178. The van der Waals surface area contributed by atoms with Gasteiger partial charge in [-0.05, 0) is 25.0 Å². The smallest absolute Gasteiger partial charge is 0.247 e. The van der Waals surface area contributed by atoms with E-state index in [0.717, 1.165) is 19.3 Å². The Morgan fingerprint density at radius 3 is 2.79 bits per heavy atom. The van der Waals surface area contributed by atoms with Crippen molar-refractivity contribution in [2.24, 2.45) is 0 Å². The van der Waals surface area contributed by atoms with Gasteiger partial charge in [0.05, 0.1) is 6.61 Å². The molecule has 0 aliphatic heterocycles. The summed E-state index contributed by atoms with van der Waals surface area (Å²) < 4.78 is 26.7. The highest BCUT2D eigenvalue weighted by Gasteiger charge is 2.35. The summed E-state index contributed by atoms with van der Waals surface area (Å²) in [6.45, 7) is -0.0457. The van der Waals surface area contributed by atoms with Crippen LogP contribution in [0.15, 0.2) is 23.2 Å². The van der Waals surface area contributed by atoms with E-state index in [-0.39, 0.29) is 24.1 Å². The Morgan fingerprint density at radius 2 is 2.26 bits per heavy atom. The van der Waals surface area contributed by atoms with Crippen LogP contribution in [0, 0.1) is 0 Å². The van der Waals surface area contributed by atoms with E-state index < -0.39 is 10.0 Å². The van der Waals surface area contributed by atoms with Crippen molar-refractivity contribution in [2.75, 3.05) is 25.5 Å². The first-order valence-electron chi connectivity index (χ1n) is 6.36. The number of anilines is 1. The molecule has 0 spiro atoms. The second kappa shape index (κ2) is 5.85. The fourth-order valence-corrected chi connectivity index (χ4v) is 4.01. The standard InChI is InChI=1S/C12H19N3O3S/c1-13-12-11(6-3-7-14-12)19(17,18)15(8-9-16)10-4-2-5-10/h3,6-7,10,16H,2,4-5,8-9H2,1H3,(H,13,14). The number of nitrogens with zero attached hydrogens (tertiary/aromatic N) is 2. The van der Waals surface area contributed by atoms with E-state index in [1.54, 1.807) is 19.3 Å². The molecule has 1 heterocycles. The van der Waals surface area contributed by atoms with Crippen LogP contribution >= 0.6 is 0 Å². The van der Waals surface area contributed by atoms with E-state index in [2.05, 4.69) is 10.3 Å². The van der Waals surface area contributed by atoms with Gasteiger partial charge >= 0.3 is 0 Å². The monoisotopic (exact) mass is 285 g/mol. The molecule has 1 aromatic rings. The van der Waals surface area contributed by atoms with Crippen molar-refractivity contribution in [1.82, 2.24) is 9.29 Å². The van der Waals surface area contributed by atoms with Gasteiger partial charge in [0.25, 0.3) is 0 Å². The zero-order chi connectivity index (χ0) is 13.9. The van der Waals surface area contributed by atoms with Crippen LogP contribution in [0.4, 0.5) is 5.82 Å². The molecule has 0 aromatic carbocycles. The molecule has 2 N–H and O–H groups in total. The fourth-order valence-electron chi connectivity index (χ4n) is 2.19. The summed E-state index contributed by atoms with van der Waals surface area (Å²) >= 11 is 0. The Bertz CT molecular complexity index is 529. The second-order valence-corrected chi connectivity index (χ2v) is 6.38. The maximum Gasteiger partial charge on any atom is 0.247 e. The normalized spacial score (nSPS) is 16.4. The van der Waals surface area contributed by atoms with Crippen LogP contribution < -0.4 is 5.32 Å². The third kappa shape index (κ3) is 2.72. The molecule has 0 amide bonds. The summed E-state index contributed by atoms with van der Waals surface area (Å²) in [6, 6.07) is 3.14. The maximum atomic E-state index is 12.7. The highest BCUT2D eigenvalue weighted by atomic mass is 32.2. The van der Waals surface area contributed by atoms with Crippen LogP contribution in [0.3, 0.4) is 0 Å². The molecule has 0 unspecified atom stereocenters. The van der Waals surface area contributed by atoms with Crippen molar-refractivity contribution in [3.05, 3.63) is 18.3 Å². The zero-order valence-electron chi connectivity index (χ0n) is 10.9. The summed E-state index contributed by atoms with van der Waals surface area (Å²) in [5.74, 6) is 0.338. The molecule has 7 heteroatoms. The van der Waals surface area contributed by atoms with Gasteiger partial charge in [-0.15, -0.1) is 0 Å². The van der Waals surface area contributed by atoms with Crippen LogP contribution in [-0.4, -0.2) is 49.1 Å². The van der Waals surface area contributed by atoms with Gasteiger partial charge in [-0.3, -0.25) is 0 Å². The molecule has 19 heavy (non-hydrogen) atoms. The molecule has 0 atom stereocenters. The molecule has 1 fully saturated rings. The zero-order valence-corrected chi connectivity index (χ0v) is 11.7. The number of aliphatic hydroxyl groups excluding tert-OH is 1. The van der Waals surface area contributed by atoms with Gasteiger partial charge in [0.1, 0.15) is 10.7 Å². The van der Waals surface area contributed by atoms with Crippen molar-refractivity contribution in [3.63, 3.8) is 0 Å². The first-order valence-corrected chi connectivity index (χ1v) is 7.80. The summed E-state index contributed by atoms with van der Waals surface area (Å²) in [5, 5.41) is 11.9. The van der Waals surface area contributed by atoms with Gasteiger partial charge < -0.3 is 10.4 Å². The average molecular weight is 285 g/mol. The molecule has 1 aliphatic rings. The molecule has 106 valence electrons. The van der Waals surface area contributed by atoms with Gasteiger partial charge in [-0.1, -0.05) is 6.42 Å². The highest BCUT2D eigenvalue weighted by Crippen LogP contribution is 2.31. The molecule has 1 saturated carbocycles. The van der Waals surface area contributed by atoms with Crippen molar-refractivity contribution in [3.8, 4) is 0 Å². The molecular weight excluding hydrogens is 266 g/mol. The number of aliphatic hydroxyl groups is 1. The molecule has 0 radical (unpaired) electrons. The maximum absolute atomic E-state index is 12.7. The van der Waals surface area contributed by atoms with Gasteiger partial charge in [0, 0.05) is 25.8 Å². The lowest BCUT2D eigenvalue weighted by atomic mass is 9.93. The van der Waals surface area contributed by atoms with E-state index in [1.165, 1.54) is 10.4 Å². The highest BCUT2D eigenvalue weighted by molar-refractivity contribution is 7.89. The van der Waals surface area contributed by atoms with E-state index in [1.807, 2.05) is 0 Å². The number of hydrogen-bond acceptors (Lipinski definition) is 5. The number of pyridine rings is 1. The van der Waals surface area contributed by atoms with Gasteiger partial charge in [-0.2, -0.15) is 4.31 Å². The Kier molecular flexibility index (Phi) is 4.38. The Morgan fingerprint density at radius 1 is 1.53 bits per heavy atom. The number of sulfonamides is 1. The third-order valence-electron chi connectivity index (χ3n) is 3.40. The molecule has 2 rings (SSSR count). The minimum Gasteiger partial charge on any atom is -0.395 e. The molecular formula is C12H19N3O3S. The molecule has 6 nitrogen and oxygen atoms in total. The minimum absolute atomic E-state index is 0.00191. The van der Waals surface area contributed by atoms with Crippen LogP contribution in [0.2, 0.25) is 0 Å². The Hall–Kier alpha value is -1.18. The molecule has 0 saturated heterocycles. The SMILES string of the molecule is CNc1ncccc1S(=O)(=O)N(CCO)C1CCC1. The van der Waals surface area contributed by atoms with Crippen LogP contribution in [-0.2, 0) is 10.0 Å². The molecule has 1 aromatic heterocycles. The summed E-state index contributed by atoms with van der Waals surface area (Å²) in [6.07, 6.45) is 4.29. The summed E-state index contributed by atoms with van der Waals surface area (Å²) in [7, 11) is -1.98. The number of aromatic nitrogens is 1. The van der Waals surface area contributed by atoms with Crippen molar-refractivity contribution in [2.45, 2.75) is 30.2 Å². The average Bonchev–Trinajstić information content (AvgIpc) is 2.36. The third-order valence-corrected chi connectivity index (χ3v) is 5.38. The summed E-state index contributed by atoms with van der Waals surface area (Å²) in [4.78, 5) is 4.19. The Labute approximate surface area is 113 Å². The van der Waals surface area contributed by atoms with Crippen molar-refractivity contribution < 1.29 is 13.5 Å². The topological polar surface area (TPSA) is 82.5 Å². The van der Waals surface area contributed by atoms with E-state index in [9.17, 15) is 8.42 Å². The number of rotatable bonds is 6. The largest absolute Gasteiger partial charge is 0.395 e. The van der Waals surface area contributed by atoms with Gasteiger partial charge in [0.2, 0.25) is 10.0 Å². The van der Waals surface area contributed by atoms with Crippen molar-refractivity contribution >= 4 is 15.8 Å². The van der Waals surface area contributed by atoms with E-state index in [4.69, 9.17) is 5.11 Å². The number of hydrogen-bond donors (Lipinski definition) is 2. The molecule has 0 bridgehead atoms. The van der Waals surface area contributed by atoms with E-state index >= 15 is 0 Å². The lowest BCUT2D eigenvalue weighted by Gasteiger charge is -2.36. The number of nitrogens with one attached hydrogen (secondary N) is 1. The lowest BCUT2D eigenvalue weighted by Crippen LogP contribution is -2.45. The Balaban J connectivity index is 2.38. The van der Waals surface area contributed by atoms with Gasteiger partial charge in [-0.25, -0.2) is 13.4 Å². The summed E-state index contributed by atoms with van der Waals surface area (Å²) in [5.41, 5.74) is 0. The predicted molar refractivity (Wildman–Crippen MR) is 72.4 cm³/mol. The second-order valence-electron chi connectivity index (χ2n) is 4.52.